The minimum Gasteiger partial charge on any atom is -0.387 e. The number of aromatic nitrogens is 1. The zero-order valence-electron chi connectivity index (χ0n) is 7.07. The molecule has 0 aliphatic heterocycles. The van der Waals surface area contributed by atoms with Crippen LogP contribution in [0.2, 0.25) is 0 Å². The average Bonchev–Trinajstić information content (AvgIpc) is 2.04. The molecule has 1 aromatic heterocycles. The van der Waals surface area contributed by atoms with E-state index >= 15 is 0 Å². The van der Waals surface area contributed by atoms with Gasteiger partial charge >= 0.3 is 0 Å². The first kappa shape index (κ1) is 8.69. The molecule has 1 rings (SSSR count). The highest BCUT2D eigenvalue weighted by Gasteiger charge is 2.04. The van der Waals surface area contributed by atoms with Gasteiger partial charge in [-0.05, 0) is 26.0 Å². The smallest absolute Gasteiger partial charge is 0.101 e. The first-order chi connectivity index (χ1) is 5.65. The standard InChI is InChI=1S/C9H10N2O/c1-6-8(5-10)3-4-9(11-6)7(2)12/h3-4,7,12H,1-2H3. The van der Waals surface area contributed by atoms with Crippen molar-refractivity contribution in [1.29, 1.82) is 5.26 Å². The van der Waals surface area contributed by atoms with Gasteiger partial charge < -0.3 is 5.11 Å². The topological polar surface area (TPSA) is 56.9 Å². The lowest BCUT2D eigenvalue weighted by Crippen LogP contribution is -1.98. The molecule has 0 spiro atoms. The molecule has 1 unspecified atom stereocenters. The highest BCUT2D eigenvalue weighted by Crippen LogP contribution is 2.11. The van der Waals surface area contributed by atoms with Crippen LogP contribution in [-0.4, -0.2) is 10.1 Å². The van der Waals surface area contributed by atoms with E-state index < -0.39 is 6.10 Å². The van der Waals surface area contributed by atoms with E-state index in [1.807, 2.05) is 6.07 Å². The molecule has 0 amide bonds. The second-order valence-electron chi connectivity index (χ2n) is 2.66. The Hall–Kier alpha value is -1.40. The third-order valence-electron chi connectivity index (χ3n) is 1.66. The summed E-state index contributed by atoms with van der Waals surface area (Å²) in [4.78, 5) is 4.07. The number of aliphatic hydroxyl groups excluding tert-OH is 1. The Morgan fingerprint density at radius 1 is 1.58 bits per heavy atom. The van der Waals surface area contributed by atoms with Crippen molar-refractivity contribution in [2.24, 2.45) is 0 Å². The Kier molecular flexibility index (Phi) is 2.41. The second-order valence-corrected chi connectivity index (χ2v) is 2.66. The molecular formula is C9H10N2O. The summed E-state index contributed by atoms with van der Waals surface area (Å²) in [6.45, 7) is 3.40. The number of aliphatic hydroxyl groups is 1. The molecule has 0 bridgehead atoms. The summed E-state index contributed by atoms with van der Waals surface area (Å²) in [5, 5.41) is 17.8. The van der Waals surface area contributed by atoms with E-state index in [4.69, 9.17) is 10.4 Å². The fourth-order valence-corrected chi connectivity index (χ4v) is 0.931. The van der Waals surface area contributed by atoms with E-state index in [-0.39, 0.29) is 0 Å². The SMILES string of the molecule is Cc1nc(C(C)O)ccc1C#N. The molecule has 0 saturated heterocycles. The average molecular weight is 162 g/mol. The number of hydrogen-bond acceptors (Lipinski definition) is 3. The van der Waals surface area contributed by atoms with Gasteiger partial charge in [0, 0.05) is 0 Å². The van der Waals surface area contributed by atoms with Crippen LogP contribution < -0.4 is 0 Å². The van der Waals surface area contributed by atoms with E-state index in [0.717, 1.165) is 0 Å². The second kappa shape index (κ2) is 3.33. The van der Waals surface area contributed by atoms with Gasteiger partial charge in [-0.25, -0.2) is 0 Å². The summed E-state index contributed by atoms with van der Waals surface area (Å²) in [7, 11) is 0. The maximum atomic E-state index is 9.17. The third kappa shape index (κ3) is 1.60. The van der Waals surface area contributed by atoms with Gasteiger partial charge in [-0.3, -0.25) is 4.98 Å². The van der Waals surface area contributed by atoms with Crippen LogP contribution in [-0.2, 0) is 0 Å². The largest absolute Gasteiger partial charge is 0.387 e. The monoisotopic (exact) mass is 162 g/mol. The summed E-state index contributed by atoms with van der Waals surface area (Å²) >= 11 is 0. The molecule has 1 heterocycles. The fourth-order valence-electron chi connectivity index (χ4n) is 0.931. The summed E-state index contributed by atoms with van der Waals surface area (Å²) in [5.74, 6) is 0. The molecule has 0 fully saturated rings. The zero-order valence-corrected chi connectivity index (χ0v) is 7.07. The number of aryl methyl sites for hydroxylation is 1. The van der Waals surface area contributed by atoms with Crippen LogP contribution in [0.1, 0.15) is 30.0 Å². The summed E-state index contributed by atoms with van der Waals surface area (Å²) in [5.41, 5.74) is 1.82. The van der Waals surface area contributed by atoms with Crippen molar-refractivity contribution in [2.45, 2.75) is 20.0 Å². The van der Waals surface area contributed by atoms with Gasteiger partial charge in [-0.15, -0.1) is 0 Å². The van der Waals surface area contributed by atoms with Gasteiger partial charge in [0.05, 0.1) is 23.1 Å². The normalized spacial score (nSPS) is 12.2. The Morgan fingerprint density at radius 2 is 2.25 bits per heavy atom. The highest BCUT2D eigenvalue weighted by atomic mass is 16.3. The van der Waals surface area contributed by atoms with Gasteiger partial charge in [-0.1, -0.05) is 0 Å². The van der Waals surface area contributed by atoms with Crippen molar-refractivity contribution in [3.8, 4) is 6.07 Å². The van der Waals surface area contributed by atoms with Crippen LogP contribution in [0.4, 0.5) is 0 Å². The van der Waals surface area contributed by atoms with Crippen molar-refractivity contribution >= 4 is 0 Å². The molecule has 0 radical (unpaired) electrons. The number of pyridine rings is 1. The van der Waals surface area contributed by atoms with Crippen LogP contribution in [0.3, 0.4) is 0 Å². The molecule has 0 aliphatic carbocycles. The van der Waals surface area contributed by atoms with Crippen molar-refractivity contribution < 1.29 is 5.11 Å². The fraction of sp³-hybridized carbons (Fsp3) is 0.333. The highest BCUT2D eigenvalue weighted by molar-refractivity contribution is 5.33. The molecule has 1 N–H and O–H groups in total. The number of hydrogen-bond donors (Lipinski definition) is 1. The van der Waals surface area contributed by atoms with Crippen LogP contribution >= 0.6 is 0 Å². The lowest BCUT2D eigenvalue weighted by molar-refractivity contribution is 0.194. The lowest BCUT2D eigenvalue weighted by atomic mass is 10.1. The van der Waals surface area contributed by atoms with Gasteiger partial charge in [-0.2, -0.15) is 5.26 Å². The molecule has 62 valence electrons. The van der Waals surface area contributed by atoms with Crippen LogP contribution in [0, 0.1) is 18.3 Å². The lowest BCUT2D eigenvalue weighted by Gasteiger charge is -2.04. The van der Waals surface area contributed by atoms with Crippen LogP contribution in [0.25, 0.3) is 0 Å². The number of rotatable bonds is 1. The Labute approximate surface area is 71.3 Å². The molecule has 3 nitrogen and oxygen atoms in total. The van der Waals surface area contributed by atoms with E-state index in [1.54, 1.807) is 26.0 Å². The Bertz CT molecular complexity index is 326. The predicted octanol–water partition coefficient (Wildman–Crippen LogP) is 1.31. The number of nitriles is 1. The first-order valence-corrected chi connectivity index (χ1v) is 3.71. The molecule has 1 aromatic rings. The van der Waals surface area contributed by atoms with Crippen molar-refractivity contribution in [1.82, 2.24) is 4.98 Å². The third-order valence-corrected chi connectivity index (χ3v) is 1.66. The van der Waals surface area contributed by atoms with Gasteiger partial charge in [0.15, 0.2) is 0 Å². The zero-order chi connectivity index (χ0) is 9.14. The van der Waals surface area contributed by atoms with Crippen molar-refractivity contribution in [3.05, 3.63) is 29.1 Å². The molecule has 12 heavy (non-hydrogen) atoms. The summed E-state index contributed by atoms with van der Waals surface area (Å²) in [6, 6.07) is 5.35. The first-order valence-electron chi connectivity index (χ1n) is 3.71. The summed E-state index contributed by atoms with van der Waals surface area (Å²) in [6.07, 6.45) is -0.573. The van der Waals surface area contributed by atoms with E-state index in [2.05, 4.69) is 4.98 Å². The molecule has 1 atom stereocenters. The maximum Gasteiger partial charge on any atom is 0.101 e. The minimum atomic E-state index is -0.573. The maximum absolute atomic E-state index is 9.17. The van der Waals surface area contributed by atoms with Gasteiger partial charge in [0.2, 0.25) is 0 Å². The molecule has 0 aromatic carbocycles. The van der Waals surface area contributed by atoms with Crippen LogP contribution in [0.15, 0.2) is 12.1 Å². The number of nitrogens with zero attached hydrogens (tertiary/aromatic N) is 2. The molecule has 0 saturated carbocycles. The van der Waals surface area contributed by atoms with Gasteiger partial charge in [0.1, 0.15) is 6.07 Å². The van der Waals surface area contributed by atoms with E-state index in [9.17, 15) is 0 Å². The predicted molar refractivity (Wildman–Crippen MR) is 44.3 cm³/mol. The molecule has 3 heteroatoms. The van der Waals surface area contributed by atoms with Crippen molar-refractivity contribution in [3.63, 3.8) is 0 Å². The molecule has 0 aliphatic rings. The van der Waals surface area contributed by atoms with Crippen LogP contribution in [0.5, 0.6) is 0 Å². The summed E-state index contributed by atoms with van der Waals surface area (Å²) < 4.78 is 0. The quantitative estimate of drug-likeness (QED) is 0.677. The Morgan fingerprint density at radius 3 is 2.67 bits per heavy atom. The van der Waals surface area contributed by atoms with E-state index in [0.29, 0.717) is 17.0 Å². The minimum absolute atomic E-state index is 0.555. The Balaban J connectivity index is 3.12. The van der Waals surface area contributed by atoms with Gasteiger partial charge in [0.25, 0.3) is 0 Å². The van der Waals surface area contributed by atoms with Crippen molar-refractivity contribution in [2.75, 3.05) is 0 Å². The van der Waals surface area contributed by atoms with E-state index in [1.165, 1.54) is 0 Å². The molecular weight excluding hydrogens is 152 g/mol.